The van der Waals surface area contributed by atoms with Gasteiger partial charge < -0.3 is 14.4 Å². The molecule has 2 rings (SSSR count). The fourth-order valence-corrected chi connectivity index (χ4v) is 2.94. The largest absolute Gasteiger partial charge is 0.493 e. The van der Waals surface area contributed by atoms with Crippen molar-refractivity contribution in [3.63, 3.8) is 0 Å². The highest BCUT2D eigenvalue weighted by Gasteiger charge is 2.27. The number of halogens is 1. The van der Waals surface area contributed by atoms with Crippen molar-refractivity contribution in [1.82, 2.24) is 4.90 Å². The summed E-state index contributed by atoms with van der Waals surface area (Å²) in [6.07, 6.45) is 2.28. The first kappa shape index (κ1) is 18.8. The third-order valence-electron chi connectivity index (χ3n) is 3.84. The van der Waals surface area contributed by atoms with Gasteiger partial charge in [-0.15, -0.1) is 0 Å². The van der Waals surface area contributed by atoms with Crippen LogP contribution in [0.15, 0.2) is 22.7 Å². The Kier molecular flexibility index (Phi) is 6.27. The molecule has 1 aromatic rings. The van der Waals surface area contributed by atoms with Gasteiger partial charge in [-0.3, -0.25) is 4.79 Å². The Balaban J connectivity index is 1.81. The molecule has 1 fully saturated rings. The summed E-state index contributed by atoms with van der Waals surface area (Å²) in [7, 11) is 0. The molecule has 5 nitrogen and oxygen atoms in total. The summed E-state index contributed by atoms with van der Waals surface area (Å²) in [5, 5.41) is 0. The molecule has 0 aromatic heterocycles. The van der Waals surface area contributed by atoms with Gasteiger partial charge in [0, 0.05) is 17.6 Å². The number of hydrogen-bond donors (Lipinski definition) is 0. The summed E-state index contributed by atoms with van der Waals surface area (Å²) in [6.45, 7) is 7.50. The predicted octanol–water partition coefficient (Wildman–Crippen LogP) is 4.29. The number of carbonyl (C=O) groups excluding carboxylic acids is 2. The van der Waals surface area contributed by atoms with Gasteiger partial charge in [-0.1, -0.05) is 15.9 Å². The van der Waals surface area contributed by atoms with Crippen LogP contribution in [0.4, 0.5) is 4.79 Å². The number of likely N-dealkylation sites (tertiary alicyclic amines) is 1. The van der Waals surface area contributed by atoms with Crippen molar-refractivity contribution in [3.8, 4) is 5.75 Å². The highest BCUT2D eigenvalue weighted by Crippen LogP contribution is 2.25. The minimum absolute atomic E-state index is 0.252. The van der Waals surface area contributed by atoms with E-state index in [2.05, 4.69) is 15.9 Å². The average Bonchev–Trinajstić information content (AvgIpc) is 2.52. The van der Waals surface area contributed by atoms with E-state index in [1.54, 1.807) is 17.0 Å². The lowest BCUT2D eigenvalue weighted by Crippen LogP contribution is -2.42. The van der Waals surface area contributed by atoms with Gasteiger partial charge in [-0.2, -0.15) is 0 Å². The van der Waals surface area contributed by atoms with Crippen LogP contribution in [0, 0.1) is 5.92 Å². The monoisotopic (exact) mass is 397 g/mol. The molecule has 1 aliphatic rings. The van der Waals surface area contributed by atoms with E-state index in [0.717, 1.165) is 23.6 Å². The normalized spacial score (nSPS) is 15.9. The molecule has 1 saturated heterocycles. The van der Waals surface area contributed by atoms with Crippen LogP contribution >= 0.6 is 15.9 Å². The smallest absolute Gasteiger partial charge is 0.410 e. The molecule has 0 aliphatic carbocycles. The molecular formula is C18H24BrNO4. The van der Waals surface area contributed by atoms with Crippen molar-refractivity contribution >= 4 is 28.3 Å². The molecular weight excluding hydrogens is 374 g/mol. The summed E-state index contributed by atoms with van der Waals surface area (Å²) in [5.74, 6) is 0.967. The molecule has 132 valence electrons. The SMILES string of the molecule is CC(C)(C)OC(=O)N1CCC(COc2ccc(Br)cc2C=O)CC1. The van der Waals surface area contributed by atoms with Crippen LogP contribution in [0.5, 0.6) is 5.75 Å². The zero-order chi connectivity index (χ0) is 17.7. The number of nitrogens with zero attached hydrogens (tertiary/aromatic N) is 1. The Hall–Kier alpha value is -1.56. The molecule has 1 heterocycles. The molecule has 1 amide bonds. The lowest BCUT2D eigenvalue weighted by Gasteiger charge is -2.33. The number of aldehydes is 1. The second-order valence-electron chi connectivity index (χ2n) is 7.02. The van der Waals surface area contributed by atoms with Crippen LogP contribution in [0.1, 0.15) is 44.0 Å². The van der Waals surface area contributed by atoms with Crippen molar-refractivity contribution in [3.05, 3.63) is 28.2 Å². The van der Waals surface area contributed by atoms with Gasteiger partial charge >= 0.3 is 6.09 Å². The Labute approximate surface area is 151 Å². The topological polar surface area (TPSA) is 55.8 Å². The fourth-order valence-electron chi connectivity index (χ4n) is 2.56. The summed E-state index contributed by atoms with van der Waals surface area (Å²) < 4.78 is 12.1. The molecule has 1 aliphatic heterocycles. The van der Waals surface area contributed by atoms with Crippen molar-refractivity contribution in [2.45, 2.75) is 39.2 Å². The maximum Gasteiger partial charge on any atom is 0.410 e. The number of ether oxygens (including phenoxy) is 2. The van der Waals surface area contributed by atoms with Crippen LogP contribution in [-0.2, 0) is 4.74 Å². The molecule has 0 bridgehead atoms. The second kappa shape index (κ2) is 8.01. The van der Waals surface area contributed by atoms with Gasteiger partial charge in [0.2, 0.25) is 0 Å². The average molecular weight is 398 g/mol. The first-order valence-electron chi connectivity index (χ1n) is 8.14. The summed E-state index contributed by atoms with van der Waals surface area (Å²) in [4.78, 5) is 24.9. The van der Waals surface area contributed by atoms with E-state index < -0.39 is 5.60 Å². The molecule has 0 saturated carbocycles. The Morgan fingerprint density at radius 3 is 2.58 bits per heavy atom. The first-order valence-corrected chi connectivity index (χ1v) is 8.93. The van der Waals surface area contributed by atoms with Crippen molar-refractivity contribution < 1.29 is 19.1 Å². The van der Waals surface area contributed by atoms with Gasteiger partial charge in [0.1, 0.15) is 11.4 Å². The van der Waals surface area contributed by atoms with Crippen LogP contribution in [0.3, 0.4) is 0 Å². The van der Waals surface area contributed by atoms with Crippen LogP contribution < -0.4 is 4.74 Å². The van der Waals surface area contributed by atoms with E-state index in [0.29, 0.717) is 36.9 Å². The van der Waals surface area contributed by atoms with Gasteiger partial charge in [-0.05, 0) is 57.7 Å². The molecule has 0 unspecified atom stereocenters. The van der Waals surface area contributed by atoms with Crippen molar-refractivity contribution in [1.29, 1.82) is 0 Å². The summed E-state index contributed by atoms with van der Waals surface area (Å²) in [5.41, 5.74) is 0.0692. The Morgan fingerprint density at radius 1 is 1.33 bits per heavy atom. The van der Waals surface area contributed by atoms with Crippen molar-refractivity contribution in [2.24, 2.45) is 5.92 Å². The Morgan fingerprint density at radius 2 is 2.00 bits per heavy atom. The van der Waals surface area contributed by atoms with Crippen LogP contribution in [0.2, 0.25) is 0 Å². The number of benzene rings is 1. The number of rotatable bonds is 4. The second-order valence-corrected chi connectivity index (χ2v) is 7.94. The van der Waals surface area contributed by atoms with E-state index in [1.807, 2.05) is 26.8 Å². The predicted molar refractivity (Wildman–Crippen MR) is 95.6 cm³/mol. The summed E-state index contributed by atoms with van der Waals surface area (Å²) >= 11 is 3.34. The maximum atomic E-state index is 12.0. The van der Waals surface area contributed by atoms with E-state index in [-0.39, 0.29) is 6.09 Å². The minimum atomic E-state index is -0.468. The number of piperidine rings is 1. The Bertz CT molecular complexity index is 589. The minimum Gasteiger partial charge on any atom is -0.493 e. The van der Waals surface area contributed by atoms with Crippen LogP contribution in [-0.4, -0.2) is 42.6 Å². The number of hydrogen-bond acceptors (Lipinski definition) is 4. The molecule has 0 spiro atoms. The molecule has 0 atom stereocenters. The summed E-state index contributed by atoms with van der Waals surface area (Å²) in [6, 6.07) is 5.39. The van der Waals surface area contributed by atoms with E-state index in [4.69, 9.17) is 9.47 Å². The third-order valence-corrected chi connectivity index (χ3v) is 4.33. The highest BCUT2D eigenvalue weighted by atomic mass is 79.9. The number of carbonyl (C=O) groups is 2. The third kappa shape index (κ3) is 5.51. The fraction of sp³-hybridized carbons (Fsp3) is 0.556. The van der Waals surface area contributed by atoms with E-state index in [9.17, 15) is 9.59 Å². The van der Waals surface area contributed by atoms with Gasteiger partial charge in [0.25, 0.3) is 0 Å². The maximum absolute atomic E-state index is 12.0. The van der Waals surface area contributed by atoms with Crippen molar-refractivity contribution in [2.75, 3.05) is 19.7 Å². The van der Waals surface area contributed by atoms with Gasteiger partial charge in [0.05, 0.1) is 12.2 Å². The van der Waals surface area contributed by atoms with Crippen LogP contribution in [0.25, 0.3) is 0 Å². The number of amides is 1. The molecule has 0 N–H and O–H groups in total. The van der Waals surface area contributed by atoms with E-state index in [1.165, 1.54) is 0 Å². The molecule has 24 heavy (non-hydrogen) atoms. The molecule has 6 heteroatoms. The first-order chi connectivity index (χ1) is 11.3. The van der Waals surface area contributed by atoms with E-state index >= 15 is 0 Å². The van der Waals surface area contributed by atoms with Gasteiger partial charge in [0.15, 0.2) is 6.29 Å². The highest BCUT2D eigenvalue weighted by molar-refractivity contribution is 9.10. The zero-order valence-corrected chi connectivity index (χ0v) is 16.0. The van der Waals surface area contributed by atoms with Gasteiger partial charge in [-0.25, -0.2) is 4.79 Å². The lowest BCUT2D eigenvalue weighted by molar-refractivity contribution is 0.0164. The lowest BCUT2D eigenvalue weighted by atomic mass is 9.98. The quantitative estimate of drug-likeness (QED) is 0.711. The zero-order valence-electron chi connectivity index (χ0n) is 14.4. The molecule has 0 radical (unpaired) electrons. The molecule has 1 aromatic carbocycles. The standard InChI is InChI=1S/C18H24BrNO4/c1-18(2,3)24-17(22)20-8-6-13(7-9-20)12-23-16-5-4-15(19)10-14(16)11-21/h4-5,10-11,13H,6-9,12H2,1-3H3.